The molecule has 1 heterocycles. The summed E-state index contributed by atoms with van der Waals surface area (Å²) in [6.45, 7) is 5.89. The molecule has 0 bridgehead atoms. The molecule has 0 aromatic heterocycles. The van der Waals surface area contributed by atoms with Gasteiger partial charge < -0.3 is 16.4 Å². The second kappa shape index (κ2) is 8.42. The molecular weight excluding hydrogens is 355 g/mol. The van der Waals surface area contributed by atoms with Gasteiger partial charge in [-0.1, -0.05) is 13.8 Å². The highest BCUT2D eigenvalue weighted by Gasteiger charge is 2.30. The van der Waals surface area contributed by atoms with E-state index in [-0.39, 0.29) is 30.0 Å². The summed E-state index contributed by atoms with van der Waals surface area (Å²) < 4.78 is 37.6. The van der Waals surface area contributed by atoms with E-state index in [0.717, 1.165) is 31.6 Å². The van der Waals surface area contributed by atoms with Crippen molar-refractivity contribution >= 4 is 30.0 Å². The maximum absolute atomic E-state index is 12.5. The van der Waals surface area contributed by atoms with Gasteiger partial charge in [-0.25, -0.2) is 4.99 Å². The third-order valence-corrected chi connectivity index (χ3v) is 3.86. The number of likely N-dealkylation sites (tertiary alicyclic amines) is 1. The van der Waals surface area contributed by atoms with E-state index in [1.165, 1.54) is 12.1 Å². The molecule has 2 rings (SSSR count). The van der Waals surface area contributed by atoms with Gasteiger partial charge in [-0.3, -0.25) is 0 Å². The lowest BCUT2D eigenvalue weighted by Crippen LogP contribution is -2.46. The molecule has 0 spiro atoms. The highest BCUT2D eigenvalue weighted by atomic mass is 35.5. The van der Waals surface area contributed by atoms with Crippen molar-refractivity contribution in [2.75, 3.05) is 13.1 Å². The predicted molar refractivity (Wildman–Crippen MR) is 96.1 cm³/mol. The molecule has 5 nitrogen and oxygen atoms in total. The van der Waals surface area contributed by atoms with Gasteiger partial charge in [-0.05, 0) is 42.5 Å². The fraction of sp³-hybridized carbons (Fsp3) is 0.500. The molecule has 0 saturated carbocycles. The number of aliphatic imine (C=N–C) groups is 2. The molecule has 0 radical (unpaired) electrons. The molecule has 1 aliphatic rings. The molecule has 1 saturated heterocycles. The second-order valence-corrected chi connectivity index (χ2v) is 6.34. The lowest BCUT2D eigenvalue weighted by Gasteiger charge is -2.35. The summed E-state index contributed by atoms with van der Waals surface area (Å²) >= 11 is 0. The maximum Gasteiger partial charge on any atom is 0.416 e. The van der Waals surface area contributed by atoms with E-state index in [9.17, 15) is 13.2 Å². The van der Waals surface area contributed by atoms with Gasteiger partial charge in [0, 0.05) is 13.1 Å². The highest BCUT2D eigenvalue weighted by molar-refractivity contribution is 5.94. The Kier molecular flexibility index (Phi) is 7.10. The van der Waals surface area contributed by atoms with Crippen LogP contribution in [-0.4, -0.2) is 29.9 Å². The van der Waals surface area contributed by atoms with Gasteiger partial charge in [-0.2, -0.15) is 18.2 Å². The molecule has 4 N–H and O–H groups in total. The first kappa shape index (κ1) is 21.1. The Hall–Kier alpha value is -1.96. The van der Waals surface area contributed by atoms with Crippen LogP contribution in [0.25, 0.3) is 0 Å². The quantitative estimate of drug-likeness (QED) is 0.581. The molecule has 1 aromatic carbocycles. The van der Waals surface area contributed by atoms with Crippen LogP contribution in [0.15, 0.2) is 34.3 Å². The summed E-state index contributed by atoms with van der Waals surface area (Å²) in [4.78, 5) is 10.0. The van der Waals surface area contributed by atoms with Crippen LogP contribution in [0.4, 0.5) is 18.9 Å². The summed E-state index contributed by atoms with van der Waals surface area (Å²) in [7, 11) is 0. The van der Waals surface area contributed by atoms with Crippen molar-refractivity contribution in [3.05, 3.63) is 29.8 Å². The molecule has 9 heteroatoms. The number of nitrogens with two attached hydrogens (primary N) is 2. The third-order valence-electron chi connectivity index (χ3n) is 3.86. The predicted octanol–water partition coefficient (Wildman–Crippen LogP) is 3.37. The number of hydrogen-bond donors (Lipinski definition) is 2. The van der Waals surface area contributed by atoms with Gasteiger partial charge in [0.1, 0.15) is 0 Å². The summed E-state index contributed by atoms with van der Waals surface area (Å²) in [6.07, 6.45) is -3.24. The van der Waals surface area contributed by atoms with Gasteiger partial charge in [0.25, 0.3) is 0 Å². The number of nitrogens with zero attached hydrogens (tertiary/aromatic N) is 3. The van der Waals surface area contributed by atoms with Crippen LogP contribution in [0.2, 0.25) is 0 Å². The normalized spacial score (nSPS) is 22.5. The Morgan fingerprint density at radius 3 is 2.08 bits per heavy atom. The lowest BCUT2D eigenvalue weighted by molar-refractivity contribution is -0.137. The van der Waals surface area contributed by atoms with Crippen LogP contribution in [0.5, 0.6) is 0 Å². The summed E-state index contributed by atoms with van der Waals surface area (Å²) in [5.41, 5.74) is 11.3. The molecule has 2 atom stereocenters. The van der Waals surface area contributed by atoms with Gasteiger partial charge in [0.15, 0.2) is 5.96 Å². The standard InChI is InChI=1S/C16H22F3N5.ClH/c1-10-7-11(2)9-24(8-10)15(21)23-14(20)22-13-5-3-12(4-6-13)16(17,18)19;/h3-6,10-11H,7-9H2,1-2H3,(H4,20,21,22,23);1H. The van der Waals surface area contributed by atoms with E-state index in [2.05, 4.69) is 23.8 Å². The number of piperidine rings is 1. The topological polar surface area (TPSA) is 80.0 Å². The van der Waals surface area contributed by atoms with Crippen molar-refractivity contribution in [3.8, 4) is 0 Å². The van der Waals surface area contributed by atoms with Crippen molar-refractivity contribution in [3.63, 3.8) is 0 Å². The van der Waals surface area contributed by atoms with Crippen molar-refractivity contribution in [1.82, 2.24) is 4.90 Å². The van der Waals surface area contributed by atoms with Crippen LogP contribution in [-0.2, 0) is 6.18 Å². The van der Waals surface area contributed by atoms with Gasteiger partial charge in [-0.15, -0.1) is 12.4 Å². The van der Waals surface area contributed by atoms with E-state index >= 15 is 0 Å². The molecule has 1 aliphatic heterocycles. The molecular formula is C16H23ClF3N5. The SMILES string of the molecule is CC1CC(C)CN(C(N)=NC(N)=Nc2ccc(C(F)(F)F)cc2)C1.Cl. The maximum atomic E-state index is 12.5. The Balaban J connectivity index is 0.00000312. The average molecular weight is 378 g/mol. The Labute approximate surface area is 151 Å². The number of guanidine groups is 2. The largest absolute Gasteiger partial charge is 0.416 e. The summed E-state index contributed by atoms with van der Waals surface area (Å²) in [6, 6.07) is 4.39. The molecule has 2 unspecified atom stereocenters. The van der Waals surface area contributed by atoms with Crippen molar-refractivity contribution < 1.29 is 13.2 Å². The zero-order valence-electron chi connectivity index (χ0n) is 14.1. The fourth-order valence-corrected chi connectivity index (χ4v) is 2.92. The molecule has 0 amide bonds. The van der Waals surface area contributed by atoms with Crippen molar-refractivity contribution in [2.24, 2.45) is 33.3 Å². The summed E-state index contributed by atoms with van der Waals surface area (Å²) in [5.74, 6) is 1.21. The molecule has 1 aromatic rings. The first-order valence-electron chi connectivity index (χ1n) is 7.75. The smallest absolute Gasteiger partial charge is 0.369 e. The monoisotopic (exact) mass is 377 g/mol. The number of hydrogen-bond acceptors (Lipinski definition) is 1. The van der Waals surface area contributed by atoms with Crippen LogP contribution in [0.3, 0.4) is 0 Å². The van der Waals surface area contributed by atoms with Crippen molar-refractivity contribution in [1.29, 1.82) is 0 Å². The van der Waals surface area contributed by atoms with Gasteiger partial charge >= 0.3 is 6.18 Å². The lowest BCUT2D eigenvalue weighted by atomic mass is 9.92. The average Bonchev–Trinajstić information content (AvgIpc) is 2.45. The Morgan fingerprint density at radius 2 is 1.60 bits per heavy atom. The minimum Gasteiger partial charge on any atom is -0.369 e. The van der Waals surface area contributed by atoms with E-state index in [1.807, 2.05) is 4.90 Å². The first-order chi connectivity index (χ1) is 11.1. The Bertz CT molecular complexity index is 618. The molecule has 140 valence electrons. The Morgan fingerprint density at radius 1 is 1.08 bits per heavy atom. The van der Waals surface area contributed by atoms with Crippen LogP contribution < -0.4 is 11.5 Å². The molecule has 1 fully saturated rings. The minimum atomic E-state index is -4.38. The number of alkyl halides is 3. The molecule has 25 heavy (non-hydrogen) atoms. The first-order valence-corrected chi connectivity index (χ1v) is 7.75. The van der Waals surface area contributed by atoms with E-state index in [0.29, 0.717) is 11.8 Å². The number of benzene rings is 1. The van der Waals surface area contributed by atoms with E-state index < -0.39 is 11.7 Å². The highest BCUT2D eigenvalue weighted by Crippen LogP contribution is 2.30. The van der Waals surface area contributed by atoms with Gasteiger partial charge in [0.05, 0.1) is 11.3 Å². The number of halogens is 4. The molecule has 0 aliphatic carbocycles. The number of rotatable bonds is 1. The third kappa shape index (κ3) is 6.12. The van der Waals surface area contributed by atoms with Gasteiger partial charge in [0.2, 0.25) is 5.96 Å². The second-order valence-electron chi connectivity index (χ2n) is 6.34. The van der Waals surface area contributed by atoms with E-state index in [4.69, 9.17) is 11.5 Å². The minimum absolute atomic E-state index is 0. The van der Waals surface area contributed by atoms with E-state index in [1.54, 1.807) is 0 Å². The van der Waals surface area contributed by atoms with Crippen LogP contribution >= 0.6 is 12.4 Å². The zero-order chi connectivity index (χ0) is 17.9. The summed E-state index contributed by atoms with van der Waals surface area (Å²) in [5, 5.41) is 0. The van der Waals surface area contributed by atoms with Crippen LogP contribution in [0.1, 0.15) is 25.8 Å². The fourth-order valence-electron chi connectivity index (χ4n) is 2.92. The zero-order valence-corrected chi connectivity index (χ0v) is 14.9. The van der Waals surface area contributed by atoms with Crippen molar-refractivity contribution in [2.45, 2.75) is 26.4 Å². The van der Waals surface area contributed by atoms with Crippen LogP contribution in [0, 0.1) is 11.8 Å².